The van der Waals surface area contributed by atoms with E-state index in [-0.39, 0.29) is 17.6 Å². The molecule has 0 saturated carbocycles. The van der Waals surface area contributed by atoms with Gasteiger partial charge in [0.15, 0.2) is 0 Å². The highest BCUT2D eigenvalue weighted by atomic mass is 16.5. The molecule has 1 unspecified atom stereocenters. The van der Waals surface area contributed by atoms with Crippen molar-refractivity contribution >= 4 is 5.91 Å². The third kappa shape index (κ3) is 3.98. The number of hydrogen-bond acceptors (Lipinski definition) is 4. The summed E-state index contributed by atoms with van der Waals surface area (Å²) >= 11 is 0. The van der Waals surface area contributed by atoms with Crippen molar-refractivity contribution in [2.45, 2.75) is 65.2 Å². The van der Waals surface area contributed by atoms with Gasteiger partial charge in [0.05, 0.1) is 36.1 Å². The fourth-order valence-electron chi connectivity index (χ4n) is 3.53. The maximum Gasteiger partial charge on any atom is 0.257 e. The van der Waals surface area contributed by atoms with Crippen LogP contribution >= 0.6 is 0 Å². The highest BCUT2D eigenvalue weighted by Crippen LogP contribution is 2.25. The Morgan fingerprint density at radius 2 is 2.12 bits per heavy atom. The molecule has 1 atom stereocenters. The molecule has 1 fully saturated rings. The molecule has 2 rings (SSSR count). The number of rotatable bonds is 6. The van der Waals surface area contributed by atoms with Crippen LogP contribution in [-0.4, -0.2) is 59.1 Å². The molecular weight excluding hydrogens is 306 g/mol. The molecule has 6 heteroatoms. The molecule has 136 valence electrons. The molecule has 24 heavy (non-hydrogen) atoms. The lowest BCUT2D eigenvalue weighted by Gasteiger charge is -2.42. The average Bonchev–Trinajstić information content (AvgIpc) is 2.88. The number of nitrogens with zero attached hydrogens (tertiary/aromatic N) is 3. The number of carbonyl (C=O) groups is 1. The largest absolute Gasteiger partial charge is 0.382 e. The average molecular weight is 337 g/mol. The van der Waals surface area contributed by atoms with E-state index in [0.717, 1.165) is 18.5 Å². The summed E-state index contributed by atoms with van der Waals surface area (Å²) in [6.07, 6.45) is 3.63. The van der Waals surface area contributed by atoms with Crippen LogP contribution in [0.2, 0.25) is 0 Å². The molecule has 1 aromatic heterocycles. The predicted molar refractivity (Wildman–Crippen MR) is 93.3 cm³/mol. The van der Waals surface area contributed by atoms with Gasteiger partial charge in [0.25, 0.3) is 5.91 Å². The molecule has 0 aromatic carbocycles. The molecule has 0 radical (unpaired) electrons. The molecule has 0 spiro atoms. The number of hydrogen-bond donors (Lipinski definition) is 0. The smallest absolute Gasteiger partial charge is 0.257 e. The Labute approximate surface area is 145 Å². The van der Waals surface area contributed by atoms with E-state index in [9.17, 15) is 4.79 Å². The van der Waals surface area contributed by atoms with E-state index in [0.29, 0.717) is 31.3 Å². The molecular formula is C18H31N3O3. The fraction of sp³-hybridized carbons (Fsp3) is 0.778. The summed E-state index contributed by atoms with van der Waals surface area (Å²) in [4.78, 5) is 14.9. The van der Waals surface area contributed by atoms with Crippen molar-refractivity contribution < 1.29 is 14.3 Å². The first-order valence-corrected chi connectivity index (χ1v) is 8.83. The molecule has 0 N–H and O–H groups in total. The number of carbonyl (C=O) groups excluding carboxylic acids is 1. The summed E-state index contributed by atoms with van der Waals surface area (Å²) < 4.78 is 13.2. The van der Waals surface area contributed by atoms with Crippen molar-refractivity contribution in [1.82, 2.24) is 14.7 Å². The van der Waals surface area contributed by atoms with E-state index in [1.54, 1.807) is 13.3 Å². The van der Waals surface area contributed by atoms with Crippen LogP contribution in [0.5, 0.6) is 0 Å². The van der Waals surface area contributed by atoms with Gasteiger partial charge in [0, 0.05) is 25.9 Å². The van der Waals surface area contributed by atoms with Gasteiger partial charge in [0.2, 0.25) is 0 Å². The van der Waals surface area contributed by atoms with Gasteiger partial charge in [-0.05, 0) is 33.6 Å². The van der Waals surface area contributed by atoms with E-state index < -0.39 is 0 Å². The monoisotopic (exact) mass is 337 g/mol. The molecule has 0 aliphatic carbocycles. The van der Waals surface area contributed by atoms with E-state index >= 15 is 0 Å². The highest BCUT2D eigenvalue weighted by Gasteiger charge is 2.36. The van der Waals surface area contributed by atoms with Crippen LogP contribution in [0.4, 0.5) is 0 Å². The number of methoxy groups -OCH3 is 1. The van der Waals surface area contributed by atoms with Gasteiger partial charge in [-0.25, -0.2) is 0 Å². The molecule has 6 nitrogen and oxygen atoms in total. The van der Waals surface area contributed by atoms with Crippen LogP contribution in [0.25, 0.3) is 0 Å². The molecule has 2 heterocycles. The van der Waals surface area contributed by atoms with Crippen molar-refractivity contribution in [3.8, 4) is 0 Å². The first-order chi connectivity index (χ1) is 11.3. The quantitative estimate of drug-likeness (QED) is 0.801. The second-order valence-corrected chi connectivity index (χ2v) is 7.20. The summed E-state index contributed by atoms with van der Waals surface area (Å²) in [7, 11) is 1.65. The summed E-state index contributed by atoms with van der Waals surface area (Å²) in [6, 6.07) is 0.342. The molecule has 1 aliphatic heterocycles. The summed E-state index contributed by atoms with van der Waals surface area (Å²) in [6.45, 7) is 11.9. The van der Waals surface area contributed by atoms with Crippen molar-refractivity contribution in [2.75, 3.05) is 26.8 Å². The zero-order valence-corrected chi connectivity index (χ0v) is 15.8. The third-order valence-electron chi connectivity index (χ3n) is 4.68. The zero-order chi connectivity index (χ0) is 17.9. The molecule has 1 aliphatic rings. The van der Waals surface area contributed by atoms with Gasteiger partial charge in [-0.2, -0.15) is 5.10 Å². The number of morpholine rings is 1. The van der Waals surface area contributed by atoms with Crippen LogP contribution in [0.1, 0.15) is 62.6 Å². The lowest BCUT2D eigenvalue weighted by atomic mass is 10.0. The van der Waals surface area contributed by atoms with Gasteiger partial charge in [-0.1, -0.05) is 13.8 Å². The Kier molecular flexibility index (Phi) is 6.04. The number of amides is 1. The van der Waals surface area contributed by atoms with E-state index in [4.69, 9.17) is 9.47 Å². The Bertz CT molecular complexity index is 564. The maximum absolute atomic E-state index is 13.0. The maximum atomic E-state index is 13.0. The van der Waals surface area contributed by atoms with Crippen LogP contribution in [-0.2, 0) is 9.47 Å². The van der Waals surface area contributed by atoms with Crippen LogP contribution < -0.4 is 0 Å². The first-order valence-electron chi connectivity index (χ1n) is 8.83. The second-order valence-electron chi connectivity index (χ2n) is 7.20. The highest BCUT2D eigenvalue weighted by molar-refractivity contribution is 5.95. The molecule has 1 aromatic rings. The summed E-state index contributed by atoms with van der Waals surface area (Å²) in [5, 5.41) is 4.48. The zero-order valence-electron chi connectivity index (χ0n) is 15.8. The Morgan fingerprint density at radius 1 is 1.46 bits per heavy atom. The fourth-order valence-corrected chi connectivity index (χ4v) is 3.53. The predicted octanol–water partition coefficient (Wildman–Crippen LogP) is 2.82. The number of ether oxygens (including phenoxy) is 2. The van der Waals surface area contributed by atoms with Crippen molar-refractivity contribution in [1.29, 1.82) is 0 Å². The summed E-state index contributed by atoms with van der Waals surface area (Å²) in [5.74, 6) is 0.0298. The van der Waals surface area contributed by atoms with Crippen LogP contribution in [0.3, 0.4) is 0 Å². The Morgan fingerprint density at radius 3 is 2.71 bits per heavy atom. The molecule has 1 saturated heterocycles. The van der Waals surface area contributed by atoms with Gasteiger partial charge < -0.3 is 14.4 Å². The minimum atomic E-state index is -0.379. The van der Waals surface area contributed by atoms with Gasteiger partial charge >= 0.3 is 0 Å². The minimum absolute atomic E-state index is 0.0298. The van der Waals surface area contributed by atoms with Crippen LogP contribution in [0, 0.1) is 6.92 Å². The van der Waals surface area contributed by atoms with E-state index in [1.807, 2.05) is 30.4 Å². The van der Waals surface area contributed by atoms with Gasteiger partial charge in [-0.15, -0.1) is 0 Å². The summed E-state index contributed by atoms with van der Waals surface area (Å²) in [5.41, 5.74) is 1.26. The van der Waals surface area contributed by atoms with E-state index in [2.05, 4.69) is 18.9 Å². The Hall–Kier alpha value is -1.40. The number of aromatic nitrogens is 2. The van der Waals surface area contributed by atoms with Gasteiger partial charge in [0.1, 0.15) is 0 Å². The normalized spacial score (nSPS) is 20.6. The topological polar surface area (TPSA) is 56.6 Å². The third-order valence-corrected chi connectivity index (χ3v) is 4.68. The minimum Gasteiger partial charge on any atom is -0.382 e. The van der Waals surface area contributed by atoms with Crippen molar-refractivity contribution in [3.05, 3.63) is 17.5 Å². The van der Waals surface area contributed by atoms with Crippen molar-refractivity contribution in [3.63, 3.8) is 0 Å². The van der Waals surface area contributed by atoms with Crippen molar-refractivity contribution in [2.24, 2.45) is 0 Å². The lowest BCUT2D eigenvalue weighted by molar-refractivity contribution is -0.143. The van der Waals surface area contributed by atoms with E-state index in [1.165, 1.54) is 0 Å². The Balaban J connectivity index is 2.21. The van der Waals surface area contributed by atoms with Gasteiger partial charge in [-0.3, -0.25) is 9.48 Å². The standard InChI is InChI=1S/C18H31N3O3/c1-7-14(8-2)21-13(3)16(9-19-21)17(22)20-10-15(11-23-6)24-18(4,5)12-20/h9,14-15H,7-8,10-12H2,1-6H3. The first kappa shape index (κ1) is 18.9. The SMILES string of the molecule is CCC(CC)n1ncc(C(=O)N2CC(COC)OC(C)(C)C2)c1C. The molecule has 0 bridgehead atoms. The van der Waals surface area contributed by atoms with Crippen LogP contribution in [0.15, 0.2) is 6.20 Å². The lowest BCUT2D eigenvalue weighted by Crippen LogP contribution is -2.55. The second kappa shape index (κ2) is 7.66. The molecule has 1 amide bonds.